The second-order valence-corrected chi connectivity index (χ2v) is 7.05. The van der Waals surface area contributed by atoms with Crippen LogP contribution in [0.4, 0.5) is 14.5 Å². The maximum Gasteiger partial charge on any atom is 0.191 e. The molecule has 2 N–H and O–H groups in total. The van der Waals surface area contributed by atoms with Gasteiger partial charge < -0.3 is 15.5 Å². The predicted octanol–water partition coefficient (Wildman–Crippen LogP) is 2.19. The van der Waals surface area contributed by atoms with Crippen LogP contribution in [-0.2, 0) is 0 Å². The maximum atomic E-state index is 14.0. The summed E-state index contributed by atoms with van der Waals surface area (Å²) in [5.74, 6) is -0.258. The van der Waals surface area contributed by atoms with E-state index < -0.39 is 11.6 Å². The van der Waals surface area contributed by atoms with Crippen LogP contribution in [0.5, 0.6) is 0 Å². The van der Waals surface area contributed by atoms with Gasteiger partial charge in [0.15, 0.2) is 5.96 Å². The first kappa shape index (κ1) is 18.9. The lowest BCUT2D eigenvalue weighted by Gasteiger charge is -2.25. The molecule has 2 atom stereocenters. The standard InChI is InChI=1S/C19H29F2N5/c1-3-25-9-4-5-16(25)12-23-19(22-2)24-15-8-10-26(13-15)18-7-6-14(20)11-17(18)21/h6-7,11,15-16H,3-5,8-10,12-13H2,1-2H3,(H2,22,23,24). The molecule has 1 aromatic carbocycles. The largest absolute Gasteiger partial charge is 0.367 e. The van der Waals surface area contributed by atoms with Crippen molar-refractivity contribution in [2.45, 2.75) is 38.3 Å². The Morgan fingerprint density at radius 2 is 2.12 bits per heavy atom. The summed E-state index contributed by atoms with van der Waals surface area (Å²) in [6, 6.07) is 4.52. The highest BCUT2D eigenvalue weighted by Gasteiger charge is 2.26. The fourth-order valence-corrected chi connectivity index (χ4v) is 3.98. The minimum absolute atomic E-state index is 0.191. The van der Waals surface area contributed by atoms with Gasteiger partial charge in [0.1, 0.15) is 11.6 Å². The Labute approximate surface area is 154 Å². The highest BCUT2D eigenvalue weighted by Crippen LogP contribution is 2.24. The van der Waals surface area contributed by atoms with E-state index in [9.17, 15) is 8.78 Å². The molecule has 0 aromatic heterocycles. The van der Waals surface area contributed by atoms with E-state index in [0.29, 0.717) is 18.3 Å². The smallest absolute Gasteiger partial charge is 0.191 e. The minimum atomic E-state index is -0.544. The van der Waals surface area contributed by atoms with Crippen molar-refractivity contribution in [1.82, 2.24) is 15.5 Å². The van der Waals surface area contributed by atoms with Gasteiger partial charge in [0.25, 0.3) is 0 Å². The van der Waals surface area contributed by atoms with Gasteiger partial charge in [0.2, 0.25) is 0 Å². The van der Waals surface area contributed by atoms with Gasteiger partial charge in [-0.05, 0) is 44.5 Å². The average molecular weight is 365 g/mol. The molecule has 2 fully saturated rings. The van der Waals surface area contributed by atoms with E-state index >= 15 is 0 Å². The van der Waals surface area contributed by atoms with Crippen molar-refractivity contribution in [3.8, 4) is 0 Å². The van der Waals surface area contributed by atoms with E-state index in [1.165, 1.54) is 31.5 Å². The fraction of sp³-hybridized carbons (Fsp3) is 0.632. The molecule has 0 saturated carbocycles. The molecule has 5 nitrogen and oxygen atoms in total. The number of anilines is 1. The number of rotatable bonds is 5. The Morgan fingerprint density at radius 3 is 2.85 bits per heavy atom. The lowest BCUT2D eigenvalue weighted by atomic mass is 10.2. The van der Waals surface area contributed by atoms with Gasteiger partial charge in [-0.2, -0.15) is 0 Å². The lowest BCUT2D eigenvalue weighted by Crippen LogP contribution is -2.48. The Balaban J connectivity index is 1.50. The molecule has 0 bridgehead atoms. The van der Waals surface area contributed by atoms with Crippen molar-refractivity contribution in [3.05, 3.63) is 29.8 Å². The normalized spacial score (nSPS) is 24.3. The second-order valence-electron chi connectivity index (χ2n) is 7.05. The number of halogens is 2. The summed E-state index contributed by atoms with van der Waals surface area (Å²) >= 11 is 0. The van der Waals surface area contributed by atoms with E-state index in [0.717, 1.165) is 38.1 Å². The SMILES string of the molecule is CCN1CCCC1CNC(=NC)NC1CCN(c2ccc(F)cc2F)C1. The first-order chi connectivity index (χ1) is 12.6. The van der Waals surface area contributed by atoms with E-state index in [1.807, 2.05) is 4.90 Å². The molecule has 3 rings (SSSR count). The van der Waals surface area contributed by atoms with E-state index in [1.54, 1.807) is 7.05 Å². The summed E-state index contributed by atoms with van der Waals surface area (Å²) in [5, 5.41) is 6.87. The van der Waals surface area contributed by atoms with Gasteiger partial charge in [0, 0.05) is 44.8 Å². The third-order valence-electron chi connectivity index (χ3n) is 5.41. The van der Waals surface area contributed by atoms with Crippen LogP contribution < -0.4 is 15.5 Å². The number of hydrogen-bond acceptors (Lipinski definition) is 3. The molecule has 0 aliphatic carbocycles. The molecule has 2 aliphatic heterocycles. The van der Waals surface area contributed by atoms with Crippen LogP contribution in [0.2, 0.25) is 0 Å². The van der Waals surface area contributed by atoms with Crippen LogP contribution in [0.3, 0.4) is 0 Å². The zero-order chi connectivity index (χ0) is 18.5. The number of guanidine groups is 1. The third-order valence-corrected chi connectivity index (χ3v) is 5.41. The molecule has 2 unspecified atom stereocenters. The number of aliphatic imine (C=N–C) groups is 1. The quantitative estimate of drug-likeness (QED) is 0.620. The Bertz CT molecular complexity index is 636. The van der Waals surface area contributed by atoms with Crippen molar-refractivity contribution in [2.75, 3.05) is 44.7 Å². The van der Waals surface area contributed by atoms with Crippen LogP contribution in [-0.4, -0.2) is 62.7 Å². The van der Waals surface area contributed by atoms with Crippen molar-refractivity contribution < 1.29 is 8.78 Å². The number of hydrogen-bond donors (Lipinski definition) is 2. The maximum absolute atomic E-state index is 14.0. The van der Waals surface area contributed by atoms with Crippen molar-refractivity contribution in [3.63, 3.8) is 0 Å². The Morgan fingerprint density at radius 1 is 1.27 bits per heavy atom. The number of nitrogens with zero attached hydrogens (tertiary/aromatic N) is 3. The van der Waals surface area contributed by atoms with Gasteiger partial charge in [-0.1, -0.05) is 6.92 Å². The van der Waals surface area contributed by atoms with E-state index in [2.05, 4.69) is 27.4 Å². The molecule has 2 heterocycles. The van der Waals surface area contributed by atoms with Crippen molar-refractivity contribution in [1.29, 1.82) is 0 Å². The number of likely N-dealkylation sites (N-methyl/N-ethyl adjacent to an activating group) is 1. The van der Waals surface area contributed by atoms with Gasteiger partial charge in [0.05, 0.1) is 5.69 Å². The molecular formula is C19H29F2N5. The fourth-order valence-electron chi connectivity index (χ4n) is 3.98. The first-order valence-corrected chi connectivity index (χ1v) is 9.52. The topological polar surface area (TPSA) is 42.9 Å². The molecule has 0 radical (unpaired) electrons. The molecule has 0 amide bonds. The Kier molecular flexibility index (Phi) is 6.29. The lowest BCUT2D eigenvalue weighted by molar-refractivity contribution is 0.267. The number of benzene rings is 1. The molecule has 7 heteroatoms. The van der Waals surface area contributed by atoms with Gasteiger partial charge >= 0.3 is 0 Å². The molecular weight excluding hydrogens is 336 g/mol. The van der Waals surface area contributed by atoms with Crippen LogP contribution in [0.25, 0.3) is 0 Å². The van der Waals surface area contributed by atoms with E-state index in [-0.39, 0.29) is 6.04 Å². The van der Waals surface area contributed by atoms with Crippen LogP contribution in [0, 0.1) is 11.6 Å². The van der Waals surface area contributed by atoms with Gasteiger partial charge in [-0.25, -0.2) is 8.78 Å². The summed E-state index contributed by atoms with van der Waals surface area (Å²) in [6.07, 6.45) is 3.37. The summed E-state index contributed by atoms with van der Waals surface area (Å²) in [4.78, 5) is 8.77. The molecule has 144 valence electrons. The number of nitrogens with one attached hydrogen (secondary N) is 2. The highest BCUT2D eigenvalue weighted by atomic mass is 19.1. The predicted molar refractivity (Wildman–Crippen MR) is 102 cm³/mol. The van der Waals surface area contributed by atoms with Crippen molar-refractivity contribution >= 4 is 11.6 Å². The molecule has 2 aliphatic rings. The van der Waals surface area contributed by atoms with Crippen molar-refractivity contribution in [2.24, 2.45) is 4.99 Å². The molecule has 2 saturated heterocycles. The first-order valence-electron chi connectivity index (χ1n) is 9.52. The third kappa shape index (κ3) is 4.44. The van der Waals surface area contributed by atoms with Crippen LogP contribution in [0.1, 0.15) is 26.2 Å². The monoisotopic (exact) mass is 365 g/mol. The second kappa shape index (κ2) is 8.66. The molecule has 1 aromatic rings. The number of likely N-dealkylation sites (tertiary alicyclic amines) is 1. The Hall–Kier alpha value is -1.89. The van der Waals surface area contributed by atoms with Gasteiger partial charge in [-0.3, -0.25) is 9.89 Å². The minimum Gasteiger partial charge on any atom is -0.367 e. The zero-order valence-corrected chi connectivity index (χ0v) is 15.6. The summed E-state index contributed by atoms with van der Waals surface area (Å²) in [5.41, 5.74) is 0.461. The molecule has 0 spiro atoms. The highest BCUT2D eigenvalue weighted by molar-refractivity contribution is 5.80. The zero-order valence-electron chi connectivity index (χ0n) is 15.6. The van der Waals surface area contributed by atoms with Gasteiger partial charge in [-0.15, -0.1) is 0 Å². The summed E-state index contributed by atoms with van der Waals surface area (Å²) in [7, 11) is 1.77. The molecule has 26 heavy (non-hydrogen) atoms. The van der Waals surface area contributed by atoms with Crippen LogP contribution >= 0.6 is 0 Å². The van der Waals surface area contributed by atoms with E-state index in [4.69, 9.17) is 0 Å². The summed E-state index contributed by atoms with van der Waals surface area (Å²) in [6.45, 7) is 6.76. The van der Waals surface area contributed by atoms with Crippen LogP contribution in [0.15, 0.2) is 23.2 Å². The summed E-state index contributed by atoms with van der Waals surface area (Å²) < 4.78 is 27.1. The average Bonchev–Trinajstić information content (AvgIpc) is 3.27.